The standard InChI is InChI=1S/C23H26FN3O/c1-28-22-10-9-18(15-19(22)17-27-14-6-13-26-27)16-25-23(11-4-5-12-23)20-7-2-3-8-21(20)24/h2-3,6-10,13-15,25H,4-5,11-12,16-17H2,1H3. The Kier molecular flexibility index (Phi) is 5.44. The van der Waals surface area contributed by atoms with Gasteiger partial charge in [0.25, 0.3) is 0 Å². The lowest BCUT2D eigenvalue weighted by molar-refractivity contribution is 0.325. The maximum atomic E-state index is 14.5. The summed E-state index contributed by atoms with van der Waals surface area (Å²) in [6.45, 7) is 1.34. The van der Waals surface area contributed by atoms with Gasteiger partial charge < -0.3 is 10.1 Å². The van der Waals surface area contributed by atoms with Crippen molar-refractivity contribution in [2.45, 2.75) is 44.3 Å². The number of hydrogen-bond donors (Lipinski definition) is 1. The third kappa shape index (κ3) is 3.80. The van der Waals surface area contributed by atoms with Crippen LogP contribution in [0.3, 0.4) is 0 Å². The topological polar surface area (TPSA) is 39.1 Å². The van der Waals surface area contributed by atoms with Gasteiger partial charge in [-0.3, -0.25) is 4.68 Å². The minimum atomic E-state index is -0.284. The predicted octanol–water partition coefficient (Wildman–Crippen LogP) is 4.64. The summed E-state index contributed by atoms with van der Waals surface area (Å²) in [4.78, 5) is 0. The van der Waals surface area contributed by atoms with Crippen LogP contribution in [-0.4, -0.2) is 16.9 Å². The van der Waals surface area contributed by atoms with Crippen LogP contribution in [-0.2, 0) is 18.6 Å². The second-order valence-corrected chi connectivity index (χ2v) is 7.47. The summed E-state index contributed by atoms with van der Waals surface area (Å²) in [6.07, 6.45) is 7.88. The summed E-state index contributed by atoms with van der Waals surface area (Å²) in [7, 11) is 1.69. The molecule has 1 heterocycles. The van der Waals surface area contributed by atoms with Crippen molar-refractivity contribution in [3.8, 4) is 5.75 Å². The van der Waals surface area contributed by atoms with Crippen LogP contribution in [0.5, 0.6) is 5.75 Å². The van der Waals surface area contributed by atoms with E-state index in [1.165, 1.54) is 0 Å². The van der Waals surface area contributed by atoms with E-state index in [0.29, 0.717) is 13.1 Å². The smallest absolute Gasteiger partial charge is 0.128 e. The monoisotopic (exact) mass is 379 g/mol. The molecule has 0 radical (unpaired) electrons. The van der Waals surface area contributed by atoms with Gasteiger partial charge in [0.15, 0.2) is 0 Å². The molecule has 0 spiro atoms. The number of aromatic nitrogens is 2. The highest BCUT2D eigenvalue weighted by Crippen LogP contribution is 2.40. The maximum Gasteiger partial charge on any atom is 0.128 e. The molecule has 4 nitrogen and oxygen atoms in total. The average Bonchev–Trinajstić information content (AvgIpc) is 3.40. The first-order valence-electron chi connectivity index (χ1n) is 9.83. The first-order valence-corrected chi connectivity index (χ1v) is 9.83. The number of rotatable bonds is 7. The number of nitrogens with zero attached hydrogens (tertiary/aromatic N) is 2. The van der Waals surface area contributed by atoms with Crippen LogP contribution in [0.25, 0.3) is 0 Å². The molecule has 0 saturated heterocycles. The number of hydrogen-bond acceptors (Lipinski definition) is 3. The molecule has 1 aromatic heterocycles. The van der Waals surface area contributed by atoms with Crippen LogP contribution in [0.1, 0.15) is 42.4 Å². The second kappa shape index (κ2) is 8.15. The minimum absolute atomic E-state index is 0.119. The van der Waals surface area contributed by atoms with Gasteiger partial charge in [-0.05, 0) is 42.7 Å². The fourth-order valence-corrected chi connectivity index (χ4v) is 4.27. The molecule has 0 atom stereocenters. The van der Waals surface area contributed by atoms with Crippen molar-refractivity contribution in [2.24, 2.45) is 0 Å². The van der Waals surface area contributed by atoms with Crippen molar-refractivity contribution < 1.29 is 9.13 Å². The molecule has 0 amide bonds. The zero-order chi connectivity index (χ0) is 19.4. The third-order valence-corrected chi connectivity index (χ3v) is 5.71. The molecule has 1 saturated carbocycles. The predicted molar refractivity (Wildman–Crippen MR) is 108 cm³/mol. The number of halogens is 1. The van der Waals surface area contributed by atoms with Crippen LogP contribution in [0.2, 0.25) is 0 Å². The van der Waals surface area contributed by atoms with Gasteiger partial charge >= 0.3 is 0 Å². The number of benzene rings is 2. The average molecular weight is 379 g/mol. The van der Waals surface area contributed by atoms with Crippen LogP contribution >= 0.6 is 0 Å². The van der Waals surface area contributed by atoms with E-state index in [0.717, 1.165) is 48.1 Å². The molecule has 4 rings (SSSR count). The van der Waals surface area contributed by atoms with Crippen molar-refractivity contribution in [3.63, 3.8) is 0 Å². The summed E-state index contributed by atoms with van der Waals surface area (Å²) in [6, 6.07) is 15.3. The fourth-order valence-electron chi connectivity index (χ4n) is 4.27. The molecular weight excluding hydrogens is 353 g/mol. The van der Waals surface area contributed by atoms with E-state index in [1.807, 2.05) is 35.1 Å². The number of methoxy groups -OCH3 is 1. The highest BCUT2D eigenvalue weighted by molar-refractivity contribution is 5.38. The van der Waals surface area contributed by atoms with Gasteiger partial charge in [0, 0.05) is 35.6 Å². The first-order chi connectivity index (χ1) is 13.7. The van der Waals surface area contributed by atoms with Crippen molar-refractivity contribution in [1.82, 2.24) is 15.1 Å². The molecule has 2 aromatic carbocycles. The Morgan fingerprint density at radius 2 is 1.96 bits per heavy atom. The third-order valence-electron chi connectivity index (χ3n) is 5.71. The van der Waals surface area contributed by atoms with E-state index in [-0.39, 0.29) is 11.4 Å². The van der Waals surface area contributed by atoms with E-state index in [1.54, 1.807) is 25.4 Å². The minimum Gasteiger partial charge on any atom is -0.496 e. The van der Waals surface area contributed by atoms with E-state index >= 15 is 0 Å². The zero-order valence-electron chi connectivity index (χ0n) is 16.2. The molecule has 0 bridgehead atoms. The molecule has 0 unspecified atom stereocenters. The molecule has 146 valence electrons. The Morgan fingerprint density at radius 3 is 2.68 bits per heavy atom. The summed E-state index contributed by atoms with van der Waals surface area (Å²) in [5.41, 5.74) is 2.74. The van der Waals surface area contributed by atoms with Crippen molar-refractivity contribution in [1.29, 1.82) is 0 Å². The van der Waals surface area contributed by atoms with E-state index in [9.17, 15) is 4.39 Å². The van der Waals surface area contributed by atoms with E-state index < -0.39 is 0 Å². The Labute approximate surface area is 165 Å². The molecule has 1 fully saturated rings. The largest absolute Gasteiger partial charge is 0.496 e. The van der Waals surface area contributed by atoms with E-state index in [4.69, 9.17) is 4.74 Å². The fraction of sp³-hybridized carbons (Fsp3) is 0.348. The van der Waals surface area contributed by atoms with Gasteiger partial charge in [0.2, 0.25) is 0 Å². The van der Waals surface area contributed by atoms with Crippen molar-refractivity contribution >= 4 is 0 Å². The lowest BCUT2D eigenvalue weighted by Crippen LogP contribution is -2.40. The summed E-state index contributed by atoms with van der Waals surface area (Å²) < 4.78 is 21.9. The summed E-state index contributed by atoms with van der Waals surface area (Å²) in [5, 5.41) is 7.98. The quantitative estimate of drug-likeness (QED) is 0.650. The molecule has 1 N–H and O–H groups in total. The lowest BCUT2D eigenvalue weighted by atomic mass is 9.87. The molecular formula is C23H26FN3O. The Balaban J connectivity index is 1.56. The second-order valence-electron chi connectivity index (χ2n) is 7.47. The molecule has 0 aliphatic heterocycles. The normalized spacial score (nSPS) is 15.6. The van der Waals surface area contributed by atoms with Gasteiger partial charge in [-0.15, -0.1) is 0 Å². The van der Waals surface area contributed by atoms with Crippen LogP contribution < -0.4 is 10.1 Å². The van der Waals surface area contributed by atoms with Gasteiger partial charge in [-0.2, -0.15) is 5.10 Å². The van der Waals surface area contributed by atoms with Gasteiger partial charge in [0.05, 0.1) is 13.7 Å². The Bertz CT molecular complexity index is 917. The highest BCUT2D eigenvalue weighted by Gasteiger charge is 2.36. The molecule has 28 heavy (non-hydrogen) atoms. The van der Waals surface area contributed by atoms with Gasteiger partial charge in [0.1, 0.15) is 11.6 Å². The van der Waals surface area contributed by atoms with Crippen LogP contribution in [0.4, 0.5) is 4.39 Å². The van der Waals surface area contributed by atoms with E-state index in [2.05, 4.69) is 22.5 Å². The molecule has 5 heteroatoms. The lowest BCUT2D eigenvalue weighted by Gasteiger charge is -2.32. The van der Waals surface area contributed by atoms with Crippen molar-refractivity contribution in [2.75, 3.05) is 7.11 Å². The maximum absolute atomic E-state index is 14.5. The van der Waals surface area contributed by atoms with Gasteiger partial charge in [-0.1, -0.05) is 37.1 Å². The van der Waals surface area contributed by atoms with Crippen molar-refractivity contribution in [3.05, 3.63) is 83.4 Å². The van der Waals surface area contributed by atoms with Crippen LogP contribution in [0.15, 0.2) is 60.9 Å². The summed E-state index contributed by atoms with van der Waals surface area (Å²) >= 11 is 0. The van der Waals surface area contributed by atoms with Gasteiger partial charge in [-0.25, -0.2) is 4.39 Å². The Hall–Kier alpha value is -2.66. The summed E-state index contributed by atoms with van der Waals surface area (Å²) in [5.74, 6) is 0.731. The highest BCUT2D eigenvalue weighted by atomic mass is 19.1. The molecule has 1 aliphatic rings. The SMILES string of the molecule is COc1ccc(CNC2(c3ccccc3F)CCCC2)cc1Cn1cccn1. The zero-order valence-corrected chi connectivity index (χ0v) is 16.2. The Morgan fingerprint density at radius 1 is 1.14 bits per heavy atom. The molecule has 1 aliphatic carbocycles. The number of ether oxygens (including phenoxy) is 1. The first kappa shape index (κ1) is 18.7. The van der Waals surface area contributed by atoms with Crippen LogP contribution in [0, 0.1) is 5.82 Å². The molecule has 3 aromatic rings. The number of nitrogens with one attached hydrogen (secondary N) is 1.